The Balaban J connectivity index is 1.50. The van der Waals surface area contributed by atoms with Crippen LogP contribution >= 0.6 is 0 Å². The van der Waals surface area contributed by atoms with Crippen LogP contribution in [0.3, 0.4) is 0 Å². The zero-order valence-corrected chi connectivity index (χ0v) is 16.0. The summed E-state index contributed by atoms with van der Waals surface area (Å²) in [5, 5.41) is 0. The Morgan fingerprint density at radius 1 is 1.10 bits per heavy atom. The Hall–Kier alpha value is -3.67. The van der Waals surface area contributed by atoms with Crippen LogP contribution in [0.25, 0.3) is 6.08 Å². The van der Waals surface area contributed by atoms with Gasteiger partial charge in [0.25, 0.3) is 0 Å². The van der Waals surface area contributed by atoms with E-state index in [1.165, 1.54) is 0 Å². The first-order valence-electron chi connectivity index (χ1n) is 9.39. The van der Waals surface area contributed by atoms with Crippen LogP contribution in [-0.4, -0.2) is 31.4 Å². The molecule has 2 heterocycles. The van der Waals surface area contributed by atoms with Crippen LogP contribution in [0, 0.1) is 0 Å². The summed E-state index contributed by atoms with van der Waals surface area (Å²) in [6.45, 7) is 0.736. The number of cyclic esters (lactones) is 1. The monoisotopic (exact) mass is 388 g/mol. The second-order valence-corrected chi connectivity index (χ2v) is 6.66. The number of methoxy groups -OCH3 is 1. The van der Waals surface area contributed by atoms with Crippen LogP contribution in [-0.2, 0) is 14.3 Å². The molecule has 0 N–H and O–H groups in total. The Kier molecular flexibility index (Phi) is 5.24. The molecule has 0 saturated carbocycles. The van der Waals surface area contributed by atoms with E-state index >= 15 is 0 Å². The first kappa shape index (κ1) is 18.7. The summed E-state index contributed by atoms with van der Waals surface area (Å²) in [6, 6.07) is 14.9. The van der Waals surface area contributed by atoms with Crippen molar-refractivity contribution in [1.29, 1.82) is 0 Å². The van der Waals surface area contributed by atoms with Crippen molar-refractivity contribution in [3.05, 3.63) is 77.5 Å². The van der Waals surface area contributed by atoms with E-state index in [-0.39, 0.29) is 17.5 Å². The quantitative estimate of drug-likeness (QED) is 0.578. The highest BCUT2D eigenvalue weighted by molar-refractivity contribution is 6.11. The molecule has 29 heavy (non-hydrogen) atoms. The maximum Gasteiger partial charge on any atom is 0.363 e. The molecule has 0 aromatic heterocycles. The largest absolute Gasteiger partial charge is 0.496 e. The molecule has 0 atom stereocenters. The number of allylic oxidation sites excluding steroid dienone is 2. The Labute approximate surface area is 168 Å². The lowest BCUT2D eigenvalue weighted by Gasteiger charge is -2.15. The summed E-state index contributed by atoms with van der Waals surface area (Å²) < 4.78 is 10.6. The molecule has 1 saturated heterocycles. The van der Waals surface area contributed by atoms with Crippen LogP contribution in [0.1, 0.15) is 24.0 Å². The Bertz CT molecular complexity index is 1040. The number of nitrogens with zero attached hydrogens (tertiary/aromatic N) is 2. The van der Waals surface area contributed by atoms with Gasteiger partial charge in [0.1, 0.15) is 5.75 Å². The van der Waals surface area contributed by atoms with Gasteiger partial charge in [-0.05, 0) is 42.8 Å². The van der Waals surface area contributed by atoms with Gasteiger partial charge in [-0.2, -0.15) is 0 Å². The number of anilines is 1. The number of hydrogen-bond acceptors (Lipinski definition) is 5. The highest BCUT2D eigenvalue weighted by Crippen LogP contribution is 2.24. The molecule has 0 spiro atoms. The van der Waals surface area contributed by atoms with E-state index in [0.29, 0.717) is 12.0 Å². The number of benzene rings is 2. The molecule has 2 aliphatic heterocycles. The molecule has 146 valence electrons. The molecular formula is C23H20N2O4. The first-order chi connectivity index (χ1) is 14.2. The second kappa shape index (κ2) is 8.14. The van der Waals surface area contributed by atoms with Crippen molar-refractivity contribution in [2.24, 2.45) is 4.99 Å². The highest BCUT2D eigenvalue weighted by atomic mass is 16.6. The number of carbonyl (C=O) groups excluding carboxylic acids is 2. The SMILES string of the molecule is COc1ccccc1/C=C/C=C1\N=C(c2ccc(N3CCCC3=O)cc2)OC1=O. The predicted octanol–water partition coefficient (Wildman–Crippen LogP) is 3.72. The maximum atomic E-state index is 12.1. The lowest BCUT2D eigenvalue weighted by molar-refractivity contribution is -0.130. The Morgan fingerprint density at radius 3 is 2.62 bits per heavy atom. The van der Waals surface area contributed by atoms with Gasteiger partial charge in [0.05, 0.1) is 7.11 Å². The zero-order valence-electron chi connectivity index (χ0n) is 16.0. The van der Waals surface area contributed by atoms with Gasteiger partial charge in [0, 0.05) is 29.8 Å². The van der Waals surface area contributed by atoms with Gasteiger partial charge < -0.3 is 14.4 Å². The van der Waals surface area contributed by atoms with Crippen molar-refractivity contribution in [3.8, 4) is 5.75 Å². The smallest absolute Gasteiger partial charge is 0.363 e. The average Bonchev–Trinajstić information content (AvgIpc) is 3.34. The maximum absolute atomic E-state index is 12.1. The molecule has 0 aliphatic carbocycles. The number of aliphatic imine (C=N–C) groups is 1. The summed E-state index contributed by atoms with van der Waals surface area (Å²) >= 11 is 0. The fourth-order valence-corrected chi connectivity index (χ4v) is 3.30. The van der Waals surface area contributed by atoms with Gasteiger partial charge in [0.15, 0.2) is 5.70 Å². The molecule has 6 heteroatoms. The van der Waals surface area contributed by atoms with Crippen molar-refractivity contribution in [1.82, 2.24) is 0 Å². The van der Waals surface area contributed by atoms with Crippen molar-refractivity contribution in [3.63, 3.8) is 0 Å². The van der Waals surface area contributed by atoms with E-state index in [9.17, 15) is 9.59 Å². The molecule has 0 radical (unpaired) electrons. The van der Waals surface area contributed by atoms with Crippen LogP contribution in [0.5, 0.6) is 5.75 Å². The fraction of sp³-hybridized carbons (Fsp3) is 0.174. The van der Waals surface area contributed by atoms with Crippen molar-refractivity contribution in [2.45, 2.75) is 12.8 Å². The summed E-state index contributed by atoms with van der Waals surface area (Å²) in [4.78, 5) is 30.0. The van der Waals surface area contributed by atoms with Gasteiger partial charge in [-0.15, -0.1) is 0 Å². The van der Waals surface area contributed by atoms with E-state index in [0.717, 1.165) is 30.0 Å². The summed E-state index contributed by atoms with van der Waals surface area (Å²) in [6.07, 6.45) is 6.65. The molecule has 0 bridgehead atoms. The molecule has 1 fully saturated rings. The normalized spacial score (nSPS) is 17.9. The molecule has 6 nitrogen and oxygen atoms in total. The third-order valence-corrected chi connectivity index (χ3v) is 4.79. The topological polar surface area (TPSA) is 68.2 Å². The molecule has 0 unspecified atom stereocenters. The number of rotatable bonds is 5. The molecule has 1 amide bonds. The number of para-hydroxylation sites is 1. The Morgan fingerprint density at radius 2 is 1.90 bits per heavy atom. The fourth-order valence-electron chi connectivity index (χ4n) is 3.30. The molecule has 2 aromatic carbocycles. The number of hydrogen-bond donors (Lipinski definition) is 0. The average molecular weight is 388 g/mol. The molecule has 2 aliphatic rings. The minimum absolute atomic E-state index is 0.134. The van der Waals surface area contributed by atoms with Crippen molar-refractivity contribution >= 4 is 29.5 Å². The highest BCUT2D eigenvalue weighted by Gasteiger charge is 2.25. The van der Waals surface area contributed by atoms with E-state index < -0.39 is 5.97 Å². The van der Waals surface area contributed by atoms with Crippen molar-refractivity contribution in [2.75, 3.05) is 18.6 Å². The number of amides is 1. The van der Waals surface area contributed by atoms with Gasteiger partial charge in [-0.3, -0.25) is 4.79 Å². The minimum Gasteiger partial charge on any atom is -0.496 e. The number of carbonyl (C=O) groups is 2. The van der Waals surface area contributed by atoms with Gasteiger partial charge >= 0.3 is 5.97 Å². The predicted molar refractivity (Wildman–Crippen MR) is 111 cm³/mol. The third kappa shape index (κ3) is 3.96. The molecule has 4 rings (SSSR count). The van der Waals surface area contributed by atoms with Crippen LogP contribution in [0.4, 0.5) is 5.69 Å². The molecule has 2 aromatic rings. The lowest BCUT2D eigenvalue weighted by Crippen LogP contribution is -2.23. The second-order valence-electron chi connectivity index (χ2n) is 6.66. The third-order valence-electron chi connectivity index (χ3n) is 4.79. The summed E-state index contributed by atoms with van der Waals surface area (Å²) in [5.74, 6) is 0.640. The van der Waals surface area contributed by atoms with Crippen molar-refractivity contribution < 1.29 is 19.1 Å². The zero-order chi connectivity index (χ0) is 20.2. The van der Waals surface area contributed by atoms with E-state index in [1.807, 2.05) is 42.5 Å². The van der Waals surface area contributed by atoms with Gasteiger partial charge in [0.2, 0.25) is 11.8 Å². The molecular weight excluding hydrogens is 368 g/mol. The van der Waals surface area contributed by atoms with E-state index in [4.69, 9.17) is 9.47 Å². The van der Waals surface area contributed by atoms with Gasteiger partial charge in [-0.25, -0.2) is 9.79 Å². The standard InChI is InChI=1S/C23H20N2O4/c1-28-20-9-3-2-6-16(20)7-4-8-19-23(27)29-22(24-19)17-11-13-18(14-12-17)25-15-5-10-21(25)26/h2-4,6-9,11-14H,5,10,15H2,1H3/b7-4+,19-8-. The van der Waals surface area contributed by atoms with Gasteiger partial charge in [-0.1, -0.05) is 30.4 Å². The number of ether oxygens (including phenoxy) is 2. The number of esters is 1. The minimum atomic E-state index is -0.497. The van der Waals surface area contributed by atoms with E-state index in [2.05, 4.69) is 4.99 Å². The van der Waals surface area contributed by atoms with Crippen LogP contribution in [0.2, 0.25) is 0 Å². The first-order valence-corrected chi connectivity index (χ1v) is 9.39. The van der Waals surface area contributed by atoms with Crippen LogP contribution < -0.4 is 9.64 Å². The van der Waals surface area contributed by atoms with E-state index in [1.54, 1.807) is 36.3 Å². The summed E-state index contributed by atoms with van der Waals surface area (Å²) in [7, 11) is 1.61. The van der Waals surface area contributed by atoms with Crippen LogP contribution in [0.15, 0.2) is 71.4 Å². The summed E-state index contributed by atoms with van der Waals surface area (Å²) in [5.41, 5.74) is 2.65. The lowest BCUT2D eigenvalue weighted by atomic mass is 10.2.